The molecule has 0 atom stereocenters. The highest BCUT2D eigenvalue weighted by molar-refractivity contribution is 6.01. The number of hydrogen-bond donors (Lipinski definition) is 0. The van der Waals surface area contributed by atoms with Crippen molar-refractivity contribution in [3.63, 3.8) is 0 Å². The van der Waals surface area contributed by atoms with Gasteiger partial charge in [-0.15, -0.1) is 0 Å². The van der Waals surface area contributed by atoms with Gasteiger partial charge < -0.3 is 9.47 Å². The lowest BCUT2D eigenvalue weighted by atomic mass is 9.73. The van der Waals surface area contributed by atoms with E-state index in [4.69, 9.17) is 9.47 Å². The van der Waals surface area contributed by atoms with Gasteiger partial charge in [-0.2, -0.15) is 0 Å². The van der Waals surface area contributed by atoms with Crippen LogP contribution in [0.25, 0.3) is 0 Å². The number of ether oxygens (including phenoxy) is 2. The van der Waals surface area contributed by atoms with Crippen molar-refractivity contribution in [1.82, 2.24) is 0 Å². The monoisotopic (exact) mass is 288 g/mol. The van der Waals surface area contributed by atoms with Crippen LogP contribution in [0.4, 0.5) is 0 Å². The van der Waals surface area contributed by atoms with Crippen molar-refractivity contribution >= 4 is 5.78 Å². The van der Waals surface area contributed by atoms with Crippen LogP contribution < -0.4 is 9.47 Å². The lowest BCUT2D eigenvalue weighted by Crippen LogP contribution is -2.30. The van der Waals surface area contributed by atoms with Gasteiger partial charge in [-0.3, -0.25) is 4.79 Å². The fourth-order valence-corrected chi connectivity index (χ4v) is 3.85. The molecule has 1 aliphatic carbocycles. The molecule has 1 heterocycles. The maximum Gasteiger partial charge on any atom is 0.169 e. The van der Waals surface area contributed by atoms with Gasteiger partial charge in [0.2, 0.25) is 0 Å². The third-order valence-electron chi connectivity index (χ3n) is 4.65. The molecule has 3 nitrogen and oxygen atoms in total. The van der Waals surface area contributed by atoms with Gasteiger partial charge in [0, 0.05) is 11.0 Å². The van der Waals surface area contributed by atoms with Crippen LogP contribution in [0.2, 0.25) is 0 Å². The lowest BCUT2D eigenvalue weighted by Gasteiger charge is -2.30. The Morgan fingerprint density at radius 1 is 1.14 bits per heavy atom. The van der Waals surface area contributed by atoms with Crippen molar-refractivity contribution < 1.29 is 14.3 Å². The Hall–Kier alpha value is -1.51. The zero-order valence-electron chi connectivity index (χ0n) is 13.0. The van der Waals surface area contributed by atoms with E-state index >= 15 is 0 Å². The van der Waals surface area contributed by atoms with Crippen LogP contribution in [0.15, 0.2) is 18.2 Å². The van der Waals surface area contributed by atoms with Crippen LogP contribution in [-0.4, -0.2) is 19.0 Å². The van der Waals surface area contributed by atoms with E-state index in [9.17, 15) is 4.79 Å². The Balaban J connectivity index is 1.89. The minimum absolute atomic E-state index is 0.155. The molecule has 114 valence electrons. The van der Waals surface area contributed by atoms with Gasteiger partial charge in [0.15, 0.2) is 17.3 Å². The molecule has 1 fully saturated rings. The Labute approximate surface area is 126 Å². The third-order valence-corrected chi connectivity index (χ3v) is 4.65. The van der Waals surface area contributed by atoms with E-state index in [1.165, 1.54) is 12.8 Å². The van der Waals surface area contributed by atoms with Crippen LogP contribution in [0.5, 0.6) is 11.5 Å². The first kappa shape index (κ1) is 14.4. The van der Waals surface area contributed by atoms with Crippen LogP contribution in [0, 0.1) is 11.3 Å². The fourth-order valence-electron chi connectivity index (χ4n) is 3.85. The maximum absolute atomic E-state index is 13.1. The Morgan fingerprint density at radius 3 is 2.48 bits per heavy atom. The number of carbonyl (C=O) groups is 1. The normalized spacial score (nSPS) is 19.8. The van der Waals surface area contributed by atoms with E-state index in [2.05, 4.69) is 13.8 Å². The highest BCUT2D eigenvalue weighted by Crippen LogP contribution is 2.46. The van der Waals surface area contributed by atoms with Crippen molar-refractivity contribution in [3.05, 3.63) is 23.8 Å². The summed E-state index contributed by atoms with van der Waals surface area (Å²) in [4.78, 5) is 13.1. The van der Waals surface area contributed by atoms with E-state index in [0.29, 0.717) is 30.7 Å². The summed E-state index contributed by atoms with van der Waals surface area (Å²) in [6.45, 7) is 5.55. The van der Waals surface area contributed by atoms with Gasteiger partial charge in [-0.05, 0) is 43.4 Å². The van der Waals surface area contributed by atoms with Crippen molar-refractivity contribution in [2.75, 3.05) is 13.2 Å². The first-order valence-electron chi connectivity index (χ1n) is 8.05. The van der Waals surface area contributed by atoms with Crippen molar-refractivity contribution in [2.45, 2.75) is 46.0 Å². The summed E-state index contributed by atoms with van der Waals surface area (Å²) in [5, 5.41) is 0. The van der Waals surface area contributed by atoms with Gasteiger partial charge in [0.1, 0.15) is 13.2 Å². The summed E-state index contributed by atoms with van der Waals surface area (Å²) < 4.78 is 11.2. The van der Waals surface area contributed by atoms with E-state index in [1.807, 2.05) is 18.2 Å². The molecule has 0 unspecified atom stereocenters. The molecule has 21 heavy (non-hydrogen) atoms. The van der Waals surface area contributed by atoms with E-state index in [1.54, 1.807) is 0 Å². The summed E-state index contributed by atoms with van der Waals surface area (Å²) in [7, 11) is 0. The molecule has 0 amide bonds. The number of benzene rings is 1. The summed E-state index contributed by atoms with van der Waals surface area (Å²) >= 11 is 0. The minimum atomic E-state index is -0.155. The predicted molar refractivity (Wildman–Crippen MR) is 82.1 cm³/mol. The maximum atomic E-state index is 13.1. The number of carbonyl (C=O) groups excluding carboxylic acids is 1. The van der Waals surface area contributed by atoms with Gasteiger partial charge in [-0.1, -0.05) is 26.7 Å². The zero-order valence-corrected chi connectivity index (χ0v) is 13.0. The molecule has 0 radical (unpaired) electrons. The standard InChI is InChI=1S/C18H24O3/c1-13(2)12-18(7-3-4-8-18)17(19)14-5-6-15-16(11-14)21-10-9-20-15/h5-6,11,13H,3-4,7-10,12H2,1-2H3. The first-order chi connectivity index (χ1) is 10.1. The predicted octanol–water partition coefficient (Wildman–Crippen LogP) is 4.25. The lowest BCUT2D eigenvalue weighted by molar-refractivity contribution is 0.0759. The first-order valence-corrected chi connectivity index (χ1v) is 8.05. The van der Waals surface area contributed by atoms with E-state index in [-0.39, 0.29) is 5.41 Å². The highest BCUT2D eigenvalue weighted by atomic mass is 16.6. The number of fused-ring (bicyclic) bond motifs is 1. The van der Waals surface area contributed by atoms with Gasteiger partial charge >= 0.3 is 0 Å². The number of rotatable bonds is 4. The van der Waals surface area contributed by atoms with Gasteiger partial charge in [-0.25, -0.2) is 0 Å². The largest absolute Gasteiger partial charge is 0.486 e. The van der Waals surface area contributed by atoms with Crippen molar-refractivity contribution in [3.8, 4) is 11.5 Å². The SMILES string of the molecule is CC(C)CC1(C(=O)c2ccc3c(c2)OCCO3)CCCC1. The Kier molecular flexibility index (Phi) is 3.92. The fraction of sp³-hybridized carbons (Fsp3) is 0.611. The molecular formula is C18H24O3. The second kappa shape index (κ2) is 5.70. The van der Waals surface area contributed by atoms with Crippen LogP contribution in [-0.2, 0) is 0 Å². The summed E-state index contributed by atoms with van der Waals surface area (Å²) in [5.41, 5.74) is 0.625. The van der Waals surface area contributed by atoms with Gasteiger partial charge in [0.05, 0.1) is 0 Å². The molecule has 2 aliphatic rings. The summed E-state index contributed by atoms with van der Waals surface area (Å²) in [6, 6.07) is 5.65. The third kappa shape index (κ3) is 2.78. The van der Waals surface area contributed by atoms with Crippen molar-refractivity contribution in [2.24, 2.45) is 11.3 Å². The van der Waals surface area contributed by atoms with Crippen molar-refractivity contribution in [1.29, 1.82) is 0 Å². The molecule has 1 aromatic carbocycles. The highest BCUT2D eigenvalue weighted by Gasteiger charge is 2.41. The quantitative estimate of drug-likeness (QED) is 0.777. The average Bonchev–Trinajstić information content (AvgIpc) is 2.95. The second-order valence-corrected chi connectivity index (χ2v) is 6.77. The van der Waals surface area contributed by atoms with E-state index in [0.717, 1.165) is 30.6 Å². The molecule has 3 heteroatoms. The number of Topliss-reactive ketones (excluding diaryl/α,β-unsaturated/α-hetero) is 1. The number of ketones is 1. The Morgan fingerprint density at radius 2 is 1.81 bits per heavy atom. The molecule has 0 N–H and O–H groups in total. The van der Waals surface area contributed by atoms with Crippen LogP contribution in [0.1, 0.15) is 56.3 Å². The molecule has 1 aromatic rings. The molecule has 1 saturated carbocycles. The Bertz CT molecular complexity index is 527. The topological polar surface area (TPSA) is 35.5 Å². The molecular weight excluding hydrogens is 264 g/mol. The minimum Gasteiger partial charge on any atom is -0.486 e. The second-order valence-electron chi connectivity index (χ2n) is 6.77. The summed E-state index contributed by atoms with van der Waals surface area (Å²) in [6.07, 6.45) is 5.38. The molecule has 0 bridgehead atoms. The number of hydrogen-bond acceptors (Lipinski definition) is 3. The molecule has 1 aliphatic heterocycles. The van der Waals surface area contributed by atoms with Gasteiger partial charge in [0.25, 0.3) is 0 Å². The molecule has 0 spiro atoms. The van der Waals surface area contributed by atoms with Crippen LogP contribution >= 0.6 is 0 Å². The average molecular weight is 288 g/mol. The molecule has 0 aromatic heterocycles. The smallest absolute Gasteiger partial charge is 0.169 e. The molecule has 3 rings (SSSR count). The van der Waals surface area contributed by atoms with Crippen LogP contribution in [0.3, 0.4) is 0 Å². The van der Waals surface area contributed by atoms with E-state index < -0.39 is 0 Å². The molecule has 0 saturated heterocycles. The zero-order chi connectivity index (χ0) is 14.9. The summed E-state index contributed by atoms with van der Waals surface area (Å²) in [5.74, 6) is 2.31.